The van der Waals surface area contributed by atoms with Crippen LogP contribution >= 0.6 is 0 Å². The van der Waals surface area contributed by atoms with Gasteiger partial charge in [-0.2, -0.15) is 0 Å². The van der Waals surface area contributed by atoms with E-state index in [1.54, 1.807) is 12.1 Å². The number of aromatic nitrogens is 2. The molecule has 5 nitrogen and oxygen atoms in total. The number of carbonyl (C=O) groups is 2. The van der Waals surface area contributed by atoms with Gasteiger partial charge in [0.25, 0.3) is 5.91 Å². The van der Waals surface area contributed by atoms with Gasteiger partial charge >= 0.3 is 5.97 Å². The summed E-state index contributed by atoms with van der Waals surface area (Å²) in [6, 6.07) is 9.98. The molecule has 0 atom stereocenters. The van der Waals surface area contributed by atoms with Crippen molar-refractivity contribution < 1.29 is 14.7 Å². The van der Waals surface area contributed by atoms with Crippen LogP contribution in [0.3, 0.4) is 0 Å². The molecule has 3 rings (SSSR count). The number of carboxylic acids is 1. The summed E-state index contributed by atoms with van der Waals surface area (Å²) in [5.41, 5.74) is 3.66. The highest BCUT2D eigenvalue weighted by atomic mass is 16.4. The molecule has 0 radical (unpaired) electrons. The van der Waals surface area contributed by atoms with E-state index >= 15 is 0 Å². The lowest BCUT2D eigenvalue weighted by Crippen LogP contribution is -2.15. The molecule has 0 aliphatic carbocycles. The Balaban J connectivity index is 2.18. The summed E-state index contributed by atoms with van der Waals surface area (Å²) in [4.78, 5) is 28.2. The van der Waals surface area contributed by atoms with Crippen LogP contribution in [0.15, 0.2) is 42.7 Å². The van der Waals surface area contributed by atoms with E-state index in [1.165, 1.54) is 23.0 Å². The Morgan fingerprint density at radius 3 is 2.36 bits per heavy atom. The fourth-order valence-electron chi connectivity index (χ4n) is 2.41. The first kappa shape index (κ1) is 14.0. The van der Waals surface area contributed by atoms with Crippen molar-refractivity contribution in [2.24, 2.45) is 0 Å². The summed E-state index contributed by atoms with van der Waals surface area (Å²) in [7, 11) is 0. The van der Waals surface area contributed by atoms with Gasteiger partial charge in [-0.05, 0) is 49.2 Å². The molecule has 0 saturated carbocycles. The summed E-state index contributed by atoms with van der Waals surface area (Å²) in [6.45, 7) is 3.94. The Bertz CT molecular complexity index is 909. The zero-order chi connectivity index (χ0) is 15.9. The zero-order valence-electron chi connectivity index (χ0n) is 12.2. The number of hydrogen-bond acceptors (Lipinski definition) is 3. The molecular formula is C17H14N2O3. The number of benzene rings is 2. The minimum atomic E-state index is -1.12. The molecule has 0 saturated heterocycles. The highest BCUT2D eigenvalue weighted by Gasteiger charge is 2.19. The molecule has 1 N–H and O–H groups in total. The Hall–Kier alpha value is -2.95. The number of imidazole rings is 1. The van der Waals surface area contributed by atoms with Crippen molar-refractivity contribution in [3.63, 3.8) is 0 Å². The van der Waals surface area contributed by atoms with Crippen LogP contribution in [-0.4, -0.2) is 26.5 Å². The summed E-state index contributed by atoms with van der Waals surface area (Å²) in [5, 5.41) is 9.23. The molecule has 22 heavy (non-hydrogen) atoms. The third kappa shape index (κ3) is 2.16. The molecule has 0 aliphatic heterocycles. The number of fused-ring (bicyclic) bond motifs is 1. The van der Waals surface area contributed by atoms with Gasteiger partial charge in [-0.25, -0.2) is 9.78 Å². The predicted molar refractivity (Wildman–Crippen MR) is 82.3 cm³/mol. The van der Waals surface area contributed by atoms with E-state index in [4.69, 9.17) is 0 Å². The van der Waals surface area contributed by atoms with E-state index in [0.29, 0.717) is 11.0 Å². The second kappa shape index (κ2) is 5.11. The third-order valence-electron chi connectivity index (χ3n) is 3.77. The molecule has 1 aromatic heterocycles. The van der Waals surface area contributed by atoms with E-state index in [1.807, 2.05) is 26.0 Å². The van der Waals surface area contributed by atoms with E-state index in [0.717, 1.165) is 11.1 Å². The van der Waals surface area contributed by atoms with Gasteiger partial charge in [0, 0.05) is 0 Å². The average Bonchev–Trinajstić information content (AvgIpc) is 2.89. The van der Waals surface area contributed by atoms with Crippen LogP contribution in [0.2, 0.25) is 0 Å². The number of aryl methyl sites for hydroxylation is 2. The first-order valence-corrected chi connectivity index (χ1v) is 6.80. The minimum absolute atomic E-state index is 0.0156. The van der Waals surface area contributed by atoms with Gasteiger partial charge in [0.2, 0.25) is 0 Å². The van der Waals surface area contributed by atoms with Crippen molar-refractivity contribution in [3.8, 4) is 0 Å². The van der Waals surface area contributed by atoms with Gasteiger partial charge < -0.3 is 5.11 Å². The lowest BCUT2D eigenvalue weighted by molar-refractivity contribution is 0.0691. The van der Waals surface area contributed by atoms with Gasteiger partial charge in [-0.1, -0.05) is 12.1 Å². The van der Waals surface area contributed by atoms with Crippen molar-refractivity contribution in [2.75, 3.05) is 0 Å². The van der Waals surface area contributed by atoms with Crippen LogP contribution in [0.5, 0.6) is 0 Å². The Labute approximate surface area is 126 Å². The van der Waals surface area contributed by atoms with Crippen molar-refractivity contribution in [1.82, 2.24) is 9.55 Å². The van der Waals surface area contributed by atoms with Crippen molar-refractivity contribution in [2.45, 2.75) is 13.8 Å². The van der Waals surface area contributed by atoms with Gasteiger partial charge in [0.05, 0.1) is 22.2 Å². The summed E-state index contributed by atoms with van der Waals surface area (Å²) < 4.78 is 1.39. The van der Waals surface area contributed by atoms with Gasteiger partial charge in [-0.15, -0.1) is 0 Å². The Morgan fingerprint density at radius 1 is 1.05 bits per heavy atom. The van der Waals surface area contributed by atoms with Gasteiger partial charge in [0.15, 0.2) is 0 Å². The summed E-state index contributed by atoms with van der Waals surface area (Å²) in [5.74, 6) is -1.52. The minimum Gasteiger partial charge on any atom is -0.478 e. The second-order valence-electron chi connectivity index (χ2n) is 5.20. The third-order valence-corrected chi connectivity index (χ3v) is 3.77. The molecule has 3 aromatic rings. The molecular weight excluding hydrogens is 280 g/mol. The Morgan fingerprint density at radius 2 is 1.68 bits per heavy atom. The monoisotopic (exact) mass is 294 g/mol. The predicted octanol–water partition coefficient (Wildman–Crippen LogP) is 3.04. The van der Waals surface area contributed by atoms with Crippen LogP contribution in [0.4, 0.5) is 0 Å². The lowest BCUT2D eigenvalue weighted by Gasteiger charge is -2.07. The van der Waals surface area contributed by atoms with E-state index in [-0.39, 0.29) is 11.1 Å². The fraction of sp³-hybridized carbons (Fsp3) is 0.118. The van der Waals surface area contributed by atoms with Crippen LogP contribution in [0.25, 0.3) is 11.0 Å². The molecule has 0 amide bonds. The molecule has 5 heteroatoms. The van der Waals surface area contributed by atoms with E-state index in [2.05, 4.69) is 4.98 Å². The molecule has 0 bridgehead atoms. The zero-order valence-corrected chi connectivity index (χ0v) is 12.2. The highest BCUT2D eigenvalue weighted by Crippen LogP contribution is 2.20. The number of carboxylic acid groups (broad SMARTS) is 1. The summed E-state index contributed by atoms with van der Waals surface area (Å²) in [6.07, 6.45) is 1.44. The number of aromatic carboxylic acids is 1. The quantitative estimate of drug-likeness (QED) is 0.788. The maximum atomic E-state index is 12.7. The SMILES string of the molecule is Cc1cc2ncn(C(=O)c3ccccc3C(=O)O)c2cc1C. The van der Waals surface area contributed by atoms with Crippen molar-refractivity contribution in [1.29, 1.82) is 0 Å². The molecule has 110 valence electrons. The molecule has 2 aromatic carbocycles. The number of carbonyl (C=O) groups excluding carboxylic acids is 1. The summed E-state index contributed by atoms with van der Waals surface area (Å²) >= 11 is 0. The standard InChI is InChI=1S/C17H14N2O3/c1-10-7-14-15(8-11(10)2)19(9-18-14)16(20)12-5-3-4-6-13(12)17(21)22/h3-9H,1-2H3,(H,21,22). The number of nitrogens with zero attached hydrogens (tertiary/aromatic N) is 2. The van der Waals surface area contributed by atoms with Crippen molar-refractivity contribution >= 4 is 22.9 Å². The van der Waals surface area contributed by atoms with Crippen LogP contribution in [-0.2, 0) is 0 Å². The number of hydrogen-bond donors (Lipinski definition) is 1. The molecule has 0 aliphatic rings. The van der Waals surface area contributed by atoms with Crippen LogP contribution in [0.1, 0.15) is 31.8 Å². The largest absolute Gasteiger partial charge is 0.478 e. The topological polar surface area (TPSA) is 72.2 Å². The highest BCUT2D eigenvalue weighted by molar-refractivity contribution is 6.08. The first-order valence-electron chi connectivity index (χ1n) is 6.80. The molecule has 0 unspecified atom stereocenters. The van der Waals surface area contributed by atoms with Gasteiger partial charge in [-0.3, -0.25) is 9.36 Å². The second-order valence-corrected chi connectivity index (χ2v) is 5.20. The van der Waals surface area contributed by atoms with Crippen LogP contribution < -0.4 is 0 Å². The maximum Gasteiger partial charge on any atom is 0.336 e. The first-order chi connectivity index (χ1) is 10.5. The smallest absolute Gasteiger partial charge is 0.336 e. The van der Waals surface area contributed by atoms with E-state index in [9.17, 15) is 14.7 Å². The van der Waals surface area contributed by atoms with E-state index < -0.39 is 11.9 Å². The number of rotatable bonds is 2. The van der Waals surface area contributed by atoms with Crippen LogP contribution in [0, 0.1) is 13.8 Å². The molecule has 1 heterocycles. The fourth-order valence-corrected chi connectivity index (χ4v) is 2.41. The van der Waals surface area contributed by atoms with Crippen molar-refractivity contribution in [3.05, 3.63) is 65.0 Å². The Kier molecular flexibility index (Phi) is 3.25. The maximum absolute atomic E-state index is 12.7. The molecule has 0 fully saturated rings. The average molecular weight is 294 g/mol. The lowest BCUT2D eigenvalue weighted by atomic mass is 10.1. The normalized spacial score (nSPS) is 10.8. The van der Waals surface area contributed by atoms with Gasteiger partial charge in [0.1, 0.15) is 6.33 Å². The molecule has 0 spiro atoms.